The summed E-state index contributed by atoms with van der Waals surface area (Å²) >= 11 is 0. The van der Waals surface area contributed by atoms with Crippen molar-refractivity contribution in [2.75, 3.05) is 31.8 Å². The van der Waals surface area contributed by atoms with Gasteiger partial charge in [0, 0.05) is 49.2 Å². The van der Waals surface area contributed by atoms with Gasteiger partial charge in [-0.1, -0.05) is 39.8 Å². The van der Waals surface area contributed by atoms with Crippen LogP contribution in [-0.4, -0.2) is 54.4 Å². The lowest BCUT2D eigenvalue weighted by atomic mass is 9.91. The first-order valence-corrected chi connectivity index (χ1v) is 16.2. The number of aromatic nitrogens is 3. The fourth-order valence-corrected chi connectivity index (χ4v) is 4.67. The molecule has 5 N–H and O–H groups in total. The third-order valence-corrected chi connectivity index (χ3v) is 7.41. The largest absolute Gasteiger partial charge is 0.494 e. The van der Waals surface area contributed by atoms with Crippen LogP contribution in [0, 0.1) is 24.7 Å². The van der Waals surface area contributed by atoms with Gasteiger partial charge in [-0.05, 0) is 81.2 Å². The number of amides is 2. The Kier molecular flexibility index (Phi) is 16.6. The van der Waals surface area contributed by atoms with Gasteiger partial charge in [0.15, 0.2) is 11.6 Å². The first kappa shape index (κ1) is 38.4. The molecule has 3 aromatic rings. The topological polar surface area (TPSA) is 157 Å². The van der Waals surface area contributed by atoms with E-state index in [4.69, 9.17) is 15.3 Å². The number of hydrogen-bond acceptors (Lipinski definition) is 9. The molecule has 1 aromatic carbocycles. The molecule has 0 bridgehead atoms. The second kappa shape index (κ2) is 20.3. The normalized spacial score (nSPS) is 13.3. The van der Waals surface area contributed by atoms with Crippen LogP contribution in [0.3, 0.4) is 0 Å². The predicted molar refractivity (Wildman–Crippen MR) is 191 cm³/mol. The third-order valence-electron chi connectivity index (χ3n) is 7.41. The summed E-state index contributed by atoms with van der Waals surface area (Å²) in [7, 11) is 4.96. The standard InChI is InChI=1S/C27H38N6O2.C7H9N.C2H5NO/c1-7-18(13-16(2)3)21(28)14-24(29-5)20-9-8-10-22(26(20)35-6)30-23-15-25(33-32-17(23)4)31-27(34)19-11-12-19;1-2-7-5-3-4-6-8-7;1-3-2-4/h8-10,14-16,18-19H,7,11-13,28H2,1-6H3,(H2,30,31,33,34);3-6H,2H2,1H3;2H,1H3,(H,3,4)/b21-14-,29-24?;;. The fraction of sp³-hybridized carbons (Fsp3) is 0.444. The van der Waals surface area contributed by atoms with E-state index < -0.39 is 0 Å². The Balaban J connectivity index is 0.000000537. The van der Waals surface area contributed by atoms with E-state index in [-0.39, 0.29) is 11.8 Å². The first-order valence-electron chi connectivity index (χ1n) is 16.2. The number of nitrogens with one attached hydrogen (secondary N) is 3. The van der Waals surface area contributed by atoms with Gasteiger partial charge < -0.3 is 26.4 Å². The highest BCUT2D eigenvalue weighted by Crippen LogP contribution is 2.34. The molecule has 0 saturated heterocycles. The number of carbonyl (C=O) groups excluding carboxylic acids is 2. The summed E-state index contributed by atoms with van der Waals surface area (Å²) in [5.41, 5.74) is 12.3. The maximum absolute atomic E-state index is 12.2. The van der Waals surface area contributed by atoms with Crippen molar-refractivity contribution in [3.63, 3.8) is 0 Å². The maximum atomic E-state index is 12.2. The predicted octanol–water partition coefficient (Wildman–Crippen LogP) is 6.23. The molecule has 2 heterocycles. The van der Waals surface area contributed by atoms with Crippen molar-refractivity contribution in [1.29, 1.82) is 0 Å². The number of rotatable bonds is 13. The van der Waals surface area contributed by atoms with Crippen LogP contribution in [0.2, 0.25) is 0 Å². The highest BCUT2D eigenvalue weighted by molar-refractivity contribution is 6.12. The zero-order chi connectivity index (χ0) is 34.8. The van der Waals surface area contributed by atoms with E-state index in [1.165, 1.54) is 0 Å². The molecule has 1 unspecified atom stereocenters. The van der Waals surface area contributed by atoms with Crippen LogP contribution in [0.5, 0.6) is 5.75 Å². The number of para-hydroxylation sites is 1. The van der Waals surface area contributed by atoms with Gasteiger partial charge in [0.25, 0.3) is 0 Å². The van der Waals surface area contributed by atoms with Crippen molar-refractivity contribution >= 4 is 35.2 Å². The van der Waals surface area contributed by atoms with E-state index in [9.17, 15) is 4.79 Å². The Labute approximate surface area is 279 Å². The van der Waals surface area contributed by atoms with E-state index in [1.807, 2.05) is 55.6 Å². The van der Waals surface area contributed by atoms with E-state index in [1.54, 1.807) is 27.3 Å². The maximum Gasteiger partial charge on any atom is 0.228 e. The minimum atomic E-state index is -0.00953. The van der Waals surface area contributed by atoms with Crippen molar-refractivity contribution in [3.05, 3.63) is 77.4 Å². The molecule has 4 rings (SSSR count). The number of nitrogens with zero attached hydrogens (tertiary/aromatic N) is 4. The zero-order valence-corrected chi connectivity index (χ0v) is 29.1. The van der Waals surface area contributed by atoms with Crippen LogP contribution in [-0.2, 0) is 16.0 Å². The molecule has 1 aliphatic carbocycles. The highest BCUT2D eigenvalue weighted by Gasteiger charge is 2.30. The van der Waals surface area contributed by atoms with Gasteiger partial charge in [0.1, 0.15) is 0 Å². The van der Waals surface area contributed by atoms with Crippen molar-refractivity contribution in [3.8, 4) is 5.75 Å². The molecular weight excluding hydrogens is 592 g/mol. The number of methoxy groups -OCH3 is 1. The van der Waals surface area contributed by atoms with Crippen LogP contribution in [0.4, 0.5) is 17.2 Å². The molecule has 254 valence electrons. The Morgan fingerprint density at radius 3 is 2.36 bits per heavy atom. The van der Waals surface area contributed by atoms with E-state index >= 15 is 0 Å². The Hall–Kier alpha value is -4.80. The number of carbonyl (C=O) groups is 2. The van der Waals surface area contributed by atoms with Gasteiger partial charge in [0.2, 0.25) is 12.3 Å². The molecule has 1 fully saturated rings. The molecule has 0 aliphatic heterocycles. The lowest BCUT2D eigenvalue weighted by molar-refractivity contribution is -0.117. The average molecular weight is 645 g/mol. The van der Waals surface area contributed by atoms with Crippen LogP contribution in [0.25, 0.3) is 0 Å². The number of anilines is 3. The number of ether oxygens (including phenoxy) is 1. The lowest BCUT2D eigenvalue weighted by Crippen LogP contribution is -2.16. The van der Waals surface area contributed by atoms with Crippen LogP contribution in [0.15, 0.2) is 65.4 Å². The molecule has 0 spiro atoms. The quantitative estimate of drug-likeness (QED) is 0.126. The average Bonchev–Trinajstić information content (AvgIpc) is 3.94. The number of benzene rings is 1. The molecule has 1 atom stereocenters. The summed E-state index contributed by atoms with van der Waals surface area (Å²) in [6.07, 6.45) is 9.29. The molecule has 2 amide bonds. The number of aliphatic imine (C=N–C) groups is 1. The molecule has 11 nitrogen and oxygen atoms in total. The summed E-state index contributed by atoms with van der Waals surface area (Å²) in [6, 6.07) is 13.6. The number of allylic oxidation sites excluding steroid dienone is 2. The van der Waals surface area contributed by atoms with Crippen LogP contribution < -0.4 is 26.4 Å². The number of aryl methyl sites for hydroxylation is 2. The molecule has 1 saturated carbocycles. The Morgan fingerprint density at radius 1 is 1.13 bits per heavy atom. The van der Waals surface area contributed by atoms with Gasteiger partial charge in [0.05, 0.1) is 29.9 Å². The van der Waals surface area contributed by atoms with Gasteiger partial charge in [-0.2, -0.15) is 5.10 Å². The third kappa shape index (κ3) is 12.8. The SMILES string of the molecule is CCC(CC(C)C)/C(N)=C/C(=NC)c1cccc(Nc2cc(NC(=O)C3CC3)nnc2C)c1OC.CCc1ccccn1.CNC=O. The van der Waals surface area contributed by atoms with Crippen LogP contribution >= 0.6 is 0 Å². The molecule has 1 aliphatic rings. The van der Waals surface area contributed by atoms with Crippen molar-refractivity contribution in [1.82, 2.24) is 20.5 Å². The molecule has 2 aromatic heterocycles. The molecule has 47 heavy (non-hydrogen) atoms. The Morgan fingerprint density at radius 2 is 1.85 bits per heavy atom. The lowest BCUT2D eigenvalue weighted by Gasteiger charge is -2.19. The summed E-state index contributed by atoms with van der Waals surface area (Å²) < 4.78 is 5.82. The van der Waals surface area contributed by atoms with Crippen LogP contribution in [0.1, 0.15) is 70.3 Å². The number of pyridine rings is 1. The first-order chi connectivity index (χ1) is 22.6. The molecule has 11 heteroatoms. The van der Waals surface area contributed by atoms with Gasteiger partial charge in [-0.25, -0.2) is 0 Å². The van der Waals surface area contributed by atoms with E-state index in [0.29, 0.717) is 35.5 Å². The van der Waals surface area contributed by atoms with Gasteiger partial charge in [-0.15, -0.1) is 5.10 Å². The van der Waals surface area contributed by atoms with Gasteiger partial charge in [-0.3, -0.25) is 19.6 Å². The summed E-state index contributed by atoms with van der Waals surface area (Å²) in [5, 5.41) is 16.8. The minimum Gasteiger partial charge on any atom is -0.494 e. The van der Waals surface area contributed by atoms with Crippen molar-refractivity contribution in [2.45, 2.75) is 66.7 Å². The highest BCUT2D eigenvalue weighted by atomic mass is 16.5. The monoisotopic (exact) mass is 644 g/mol. The second-order valence-electron chi connectivity index (χ2n) is 11.6. The van der Waals surface area contributed by atoms with Crippen molar-refractivity contribution < 1.29 is 14.3 Å². The van der Waals surface area contributed by atoms with E-state index in [0.717, 1.165) is 66.1 Å². The van der Waals surface area contributed by atoms with E-state index in [2.05, 4.69) is 63.8 Å². The summed E-state index contributed by atoms with van der Waals surface area (Å²) in [4.78, 5) is 29.8. The number of hydrogen-bond donors (Lipinski definition) is 4. The zero-order valence-electron chi connectivity index (χ0n) is 29.1. The summed E-state index contributed by atoms with van der Waals surface area (Å²) in [6.45, 7) is 10.5. The smallest absolute Gasteiger partial charge is 0.228 e. The minimum absolute atomic E-state index is 0.00953. The fourth-order valence-electron chi connectivity index (χ4n) is 4.67. The van der Waals surface area contributed by atoms with Gasteiger partial charge >= 0.3 is 0 Å². The molecular formula is C36H52N8O3. The second-order valence-corrected chi connectivity index (χ2v) is 11.6. The van der Waals surface area contributed by atoms with Crippen molar-refractivity contribution in [2.24, 2.45) is 28.5 Å². The Bertz CT molecular complexity index is 1470. The summed E-state index contributed by atoms with van der Waals surface area (Å²) in [5.74, 6) is 2.01. The number of nitrogens with two attached hydrogens (primary N) is 1. The molecule has 0 radical (unpaired) electrons.